The number of amides is 1. The van der Waals surface area contributed by atoms with Crippen LogP contribution in [0.25, 0.3) is 11.3 Å². The number of hydrogen-bond donors (Lipinski definition) is 0. The Morgan fingerprint density at radius 2 is 1.96 bits per heavy atom. The van der Waals surface area contributed by atoms with Crippen LogP contribution in [0.2, 0.25) is 0 Å². The SMILES string of the molecule is CCCCOC(=O)N1CCC(n2nnc(C)c2-c2ccccc2)CC1. The zero-order valence-corrected chi connectivity index (χ0v) is 15.0. The van der Waals surface area contributed by atoms with E-state index in [-0.39, 0.29) is 12.1 Å². The van der Waals surface area contributed by atoms with E-state index in [1.165, 1.54) is 0 Å². The van der Waals surface area contributed by atoms with Crippen molar-refractivity contribution in [3.8, 4) is 11.3 Å². The topological polar surface area (TPSA) is 60.2 Å². The van der Waals surface area contributed by atoms with Gasteiger partial charge in [0.15, 0.2) is 0 Å². The Hall–Kier alpha value is -2.37. The Morgan fingerprint density at radius 1 is 1.24 bits per heavy atom. The first-order valence-electron chi connectivity index (χ1n) is 9.09. The molecule has 0 spiro atoms. The third kappa shape index (κ3) is 4.00. The minimum absolute atomic E-state index is 0.190. The lowest BCUT2D eigenvalue weighted by Gasteiger charge is -2.31. The molecule has 2 aromatic rings. The molecule has 1 amide bonds. The van der Waals surface area contributed by atoms with Gasteiger partial charge in [0, 0.05) is 18.7 Å². The summed E-state index contributed by atoms with van der Waals surface area (Å²) in [5, 5.41) is 8.66. The van der Waals surface area contributed by atoms with Crippen LogP contribution in [0.4, 0.5) is 4.79 Å². The molecule has 134 valence electrons. The highest BCUT2D eigenvalue weighted by molar-refractivity contribution is 5.67. The molecule has 0 radical (unpaired) electrons. The fourth-order valence-corrected chi connectivity index (χ4v) is 3.25. The van der Waals surface area contributed by atoms with E-state index in [0.717, 1.165) is 42.6 Å². The Kier molecular flexibility index (Phi) is 5.68. The Labute approximate surface area is 148 Å². The van der Waals surface area contributed by atoms with Crippen LogP contribution in [-0.2, 0) is 4.74 Å². The quantitative estimate of drug-likeness (QED) is 0.775. The number of hydrogen-bond acceptors (Lipinski definition) is 4. The second-order valence-corrected chi connectivity index (χ2v) is 6.52. The third-order valence-electron chi connectivity index (χ3n) is 4.70. The minimum Gasteiger partial charge on any atom is -0.449 e. The van der Waals surface area contributed by atoms with Crippen LogP contribution in [0.3, 0.4) is 0 Å². The molecule has 25 heavy (non-hydrogen) atoms. The molecule has 2 heterocycles. The average molecular weight is 342 g/mol. The van der Waals surface area contributed by atoms with Crippen molar-refractivity contribution in [3.05, 3.63) is 36.0 Å². The summed E-state index contributed by atoms with van der Waals surface area (Å²) in [5.74, 6) is 0. The van der Waals surface area contributed by atoms with Crippen LogP contribution in [0.15, 0.2) is 30.3 Å². The standard InChI is InChI=1S/C19H26N4O2/c1-3-4-14-25-19(24)22-12-10-17(11-13-22)23-18(15(2)20-21-23)16-8-6-5-7-9-16/h5-9,17H,3-4,10-14H2,1-2H3. The minimum atomic E-state index is -0.190. The molecule has 0 bridgehead atoms. The number of benzene rings is 1. The van der Waals surface area contributed by atoms with E-state index in [1.807, 2.05) is 29.8 Å². The number of nitrogens with zero attached hydrogens (tertiary/aromatic N) is 4. The molecule has 1 saturated heterocycles. The lowest BCUT2D eigenvalue weighted by atomic mass is 10.0. The van der Waals surface area contributed by atoms with E-state index >= 15 is 0 Å². The maximum Gasteiger partial charge on any atom is 0.409 e. The van der Waals surface area contributed by atoms with E-state index in [0.29, 0.717) is 19.7 Å². The van der Waals surface area contributed by atoms with Gasteiger partial charge in [0.2, 0.25) is 0 Å². The molecule has 0 atom stereocenters. The number of aromatic nitrogens is 3. The van der Waals surface area contributed by atoms with Gasteiger partial charge < -0.3 is 9.64 Å². The van der Waals surface area contributed by atoms with Gasteiger partial charge in [0.05, 0.1) is 24.0 Å². The molecule has 0 unspecified atom stereocenters. The van der Waals surface area contributed by atoms with Crippen molar-refractivity contribution in [1.82, 2.24) is 19.9 Å². The van der Waals surface area contributed by atoms with Crippen LogP contribution in [-0.4, -0.2) is 45.7 Å². The van der Waals surface area contributed by atoms with Crippen LogP contribution in [0.5, 0.6) is 0 Å². The van der Waals surface area contributed by atoms with E-state index in [2.05, 4.69) is 29.4 Å². The molecule has 1 fully saturated rings. The van der Waals surface area contributed by atoms with Gasteiger partial charge in [-0.3, -0.25) is 0 Å². The second kappa shape index (κ2) is 8.14. The summed E-state index contributed by atoms with van der Waals surface area (Å²) in [6.07, 6.45) is 3.49. The number of rotatable bonds is 5. The normalized spacial score (nSPS) is 15.4. The summed E-state index contributed by atoms with van der Waals surface area (Å²) < 4.78 is 7.34. The highest BCUT2D eigenvalue weighted by Gasteiger charge is 2.27. The molecule has 1 aromatic heterocycles. The molecule has 1 aliphatic rings. The van der Waals surface area contributed by atoms with E-state index in [4.69, 9.17) is 4.74 Å². The first-order valence-corrected chi connectivity index (χ1v) is 9.09. The highest BCUT2D eigenvalue weighted by Crippen LogP contribution is 2.29. The maximum absolute atomic E-state index is 12.1. The lowest BCUT2D eigenvalue weighted by molar-refractivity contribution is 0.0865. The molecule has 6 heteroatoms. The van der Waals surface area contributed by atoms with Gasteiger partial charge in [-0.15, -0.1) is 5.10 Å². The number of aryl methyl sites for hydroxylation is 1. The zero-order chi connectivity index (χ0) is 17.6. The van der Waals surface area contributed by atoms with Gasteiger partial charge in [-0.2, -0.15) is 0 Å². The van der Waals surface area contributed by atoms with Crippen molar-refractivity contribution < 1.29 is 9.53 Å². The fraction of sp³-hybridized carbons (Fsp3) is 0.526. The van der Waals surface area contributed by atoms with Gasteiger partial charge in [-0.25, -0.2) is 9.48 Å². The van der Waals surface area contributed by atoms with Gasteiger partial charge in [0.25, 0.3) is 0 Å². The van der Waals surface area contributed by atoms with Crippen molar-refractivity contribution in [2.75, 3.05) is 19.7 Å². The van der Waals surface area contributed by atoms with E-state index in [1.54, 1.807) is 4.90 Å². The van der Waals surface area contributed by atoms with Gasteiger partial charge in [0.1, 0.15) is 0 Å². The molecular formula is C19H26N4O2. The highest BCUT2D eigenvalue weighted by atomic mass is 16.6. The summed E-state index contributed by atoms with van der Waals surface area (Å²) in [7, 11) is 0. The average Bonchev–Trinajstić information content (AvgIpc) is 3.04. The smallest absolute Gasteiger partial charge is 0.409 e. The molecule has 0 saturated carbocycles. The summed E-state index contributed by atoms with van der Waals surface area (Å²) in [5.41, 5.74) is 3.14. The first kappa shape index (κ1) is 17.5. The maximum atomic E-state index is 12.1. The monoisotopic (exact) mass is 342 g/mol. The van der Waals surface area contributed by atoms with E-state index < -0.39 is 0 Å². The van der Waals surface area contributed by atoms with Crippen LogP contribution in [0, 0.1) is 6.92 Å². The molecule has 0 aliphatic carbocycles. The van der Waals surface area contributed by atoms with Crippen LogP contribution >= 0.6 is 0 Å². The van der Waals surface area contributed by atoms with Crippen LogP contribution < -0.4 is 0 Å². The first-order chi connectivity index (χ1) is 12.2. The van der Waals surface area contributed by atoms with Crippen molar-refractivity contribution >= 4 is 6.09 Å². The van der Waals surface area contributed by atoms with Crippen molar-refractivity contribution in [3.63, 3.8) is 0 Å². The molecule has 1 aliphatic heterocycles. The van der Waals surface area contributed by atoms with E-state index in [9.17, 15) is 4.79 Å². The number of likely N-dealkylation sites (tertiary alicyclic amines) is 1. The lowest BCUT2D eigenvalue weighted by Crippen LogP contribution is -2.39. The number of ether oxygens (including phenoxy) is 1. The molecule has 3 rings (SSSR count). The Bertz CT molecular complexity index is 691. The number of carbonyl (C=O) groups is 1. The molecular weight excluding hydrogens is 316 g/mol. The Balaban J connectivity index is 1.65. The number of carbonyl (C=O) groups excluding carboxylic acids is 1. The largest absolute Gasteiger partial charge is 0.449 e. The van der Waals surface area contributed by atoms with Crippen molar-refractivity contribution in [1.29, 1.82) is 0 Å². The summed E-state index contributed by atoms with van der Waals surface area (Å²) in [6, 6.07) is 10.5. The molecule has 0 N–H and O–H groups in total. The molecule has 6 nitrogen and oxygen atoms in total. The van der Waals surface area contributed by atoms with Gasteiger partial charge >= 0.3 is 6.09 Å². The summed E-state index contributed by atoms with van der Waals surface area (Å²) >= 11 is 0. The van der Waals surface area contributed by atoms with Crippen LogP contribution in [0.1, 0.15) is 44.3 Å². The molecule has 1 aromatic carbocycles. The Morgan fingerprint density at radius 3 is 2.64 bits per heavy atom. The zero-order valence-electron chi connectivity index (χ0n) is 15.0. The van der Waals surface area contributed by atoms with Gasteiger partial charge in [-0.05, 0) is 26.2 Å². The second-order valence-electron chi connectivity index (χ2n) is 6.52. The number of piperidine rings is 1. The predicted molar refractivity (Wildman–Crippen MR) is 96.3 cm³/mol. The third-order valence-corrected chi connectivity index (χ3v) is 4.70. The fourth-order valence-electron chi connectivity index (χ4n) is 3.25. The number of unbranched alkanes of at least 4 members (excludes halogenated alkanes) is 1. The predicted octanol–water partition coefficient (Wildman–Crippen LogP) is 3.83. The van der Waals surface area contributed by atoms with Gasteiger partial charge in [-0.1, -0.05) is 48.9 Å². The summed E-state index contributed by atoms with van der Waals surface area (Å²) in [6.45, 7) is 5.98. The van der Waals surface area contributed by atoms with Crippen molar-refractivity contribution in [2.45, 2.75) is 45.6 Å². The summed E-state index contributed by atoms with van der Waals surface area (Å²) in [4.78, 5) is 13.9. The van der Waals surface area contributed by atoms with Crippen molar-refractivity contribution in [2.24, 2.45) is 0 Å².